The van der Waals surface area contributed by atoms with Crippen molar-refractivity contribution in [1.82, 2.24) is 4.57 Å². The molecule has 3 heteroatoms. The number of hydrogen-bond acceptors (Lipinski definition) is 2. The third-order valence-corrected chi connectivity index (χ3v) is 4.62. The van der Waals surface area contributed by atoms with Gasteiger partial charge in [-0.1, -0.05) is 55.5 Å². The molecule has 0 amide bonds. The van der Waals surface area contributed by atoms with Crippen LogP contribution in [-0.4, -0.2) is 16.6 Å². The van der Waals surface area contributed by atoms with E-state index in [1.165, 1.54) is 0 Å². The minimum atomic E-state index is 0.0315. The lowest BCUT2D eigenvalue weighted by Crippen LogP contribution is -2.11. The van der Waals surface area contributed by atoms with Crippen LogP contribution in [0.25, 0.3) is 10.9 Å². The average molecular weight is 319 g/mol. The van der Waals surface area contributed by atoms with Crippen LogP contribution in [0.4, 0.5) is 0 Å². The minimum Gasteiger partial charge on any atom is -0.341 e. The van der Waals surface area contributed by atoms with Gasteiger partial charge in [-0.05, 0) is 19.4 Å². The number of nitrogens with zero attached hydrogens (tertiary/aromatic N) is 1. The number of carbonyl (C=O) groups excluding carboxylic acids is 2. The second kappa shape index (κ2) is 6.83. The topological polar surface area (TPSA) is 39.1 Å². The van der Waals surface area contributed by atoms with Gasteiger partial charge in [0.2, 0.25) is 0 Å². The summed E-state index contributed by atoms with van der Waals surface area (Å²) < 4.78 is 2.15. The maximum absolute atomic E-state index is 13.1. The first-order valence-electron chi connectivity index (χ1n) is 8.32. The Balaban J connectivity index is 2.24. The molecule has 1 unspecified atom stereocenters. The Bertz CT molecular complexity index is 877. The van der Waals surface area contributed by atoms with Crippen molar-refractivity contribution >= 4 is 23.0 Å². The van der Waals surface area contributed by atoms with Crippen LogP contribution >= 0.6 is 0 Å². The van der Waals surface area contributed by atoms with E-state index in [-0.39, 0.29) is 11.8 Å². The van der Waals surface area contributed by atoms with Crippen molar-refractivity contribution in [3.8, 4) is 0 Å². The van der Waals surface area contributed by atoms with Crippen molar-refractivity contribution in [1.29, 1.82) is 0 Å². The fourth-order valence-electron chi connectivity index (χ4n) is 3.45. The quantitative estimate of drug-likeness (QED) is 0.487. The average Bonchev–Trinajstić information content (AvgIpc) is 2.92. The molecule has 24 heavy (non-hydrogen) atoms. The summed E-state index contributed by atoms with van der Waals surface area (Å²) in [6.07, 6.45) is 2.26. The smallest absolute Gasteiger partial charge is 0.195 e. The molecule has 0 saturated heterocycles. The summed E-state index contributed by atoms with van der Waals surface area (Å²) in [5.74, 6) is 0.0315. The molecule has 2 aromatic carbocycles. The molecule has 0 bridgehead atoms. The Morgan fingerprint density at radius 2 is 1.75 bits per heavy atom. The molecule has 0 fully saturated rings. The summed E-state index contributed by atoms with van der Waals surface area (Å²) in [6.45, 7) is 4.05. The second-order valence-corrected chi connectivity index (χ2v) is 6.01. The highest BCUT2D eigenvalue weighted by Crippen LogP contribution is 2.32. The van der Waals surface area contributed by atoms with Crippen molar-refractivity contribution in [2.75, 3.05) is 0 Å². The fourth-order valence-corrected chi connectivity index (χ4v) is 3.45. The van der Waals surface area contributed by atoms with Crippen LogP contribution in [0.15, 0.2) is 54.6 Å². The molecule has 0 aliphatic carbocycles. The lowest BCUT2D eigenvalue weighted by Gasteiger charge is -2.18. The largest absolute Gasteiger partial charge is 0.341 e. The first-order valence-corrected chi connectivity index (χ1v) is 8.32. The number of hydrogen-bond donors (Lipinski definition) is 0. The first kappa shape index (κ1) is 16.2. The van der Waals surface area contributed by atoms with Gasteiger partial charge in [0.05, 0.1) is 5.56 Å². The lowest BCUT2D eigenvalue weighted by atomic mass is 10.0. The third kappa shape index (κ3) is 2.67. The van der Waals surface area contributed by atoms with Gasteiger partial charge in [0.15, 0.2) is 5.78 Å². The number of fused-ring (bicyclic) bond motifs is 1. The van der Waals surface area contributed by atoms with E-state index in [1.54, 1.807) is 0 Å². The van der Waals surface area contributed by atoms with Gasteiger partial charge in [-0.25, -0.2) is 0 Å². The van der Waals surface area contributed by atoms with E-state index in [0.29, 0.717) is 12.0 Å². The lowest BCUT2D eigenvalue weighted by molar-refractivity contribution is -0.108. The Hall–Kier alpha value is -2.68. The zero-order chi connectivity index (χ0) is 17.1. The number of rotatable bonds is 6. The number of ketones is 1. The van der Waals surface area contributed by atoms with Crippen molar-refractivity contribution in [3.63, 3.8) is 0 Å². The van der Waals surface area contributed by atoms with E-state index >= 15 is 0 Å². The predicted octanol–water partition coefficient (Wildman–Crippen LogP) is 4.72. The number of benzene rings is 2. The molecule has 3 nitrogen and oxygen atoms in total. The third-order valence-electron chi connectivity index (χ3n) is 4.62. The monoisotopic (exact) mass is 319 g/mol. The molecule has 0 aliphatic heterocycles. The Kier molecular flexibility index (Phi) is 4.61. The first-order chi connectivity index (χ1) is 11.7. The van der Waals surface area contributed by atoms with Crippen LogP contribution in [0.5, 0.6) is 0 Å². The summed E-state index contributed by atoms with van der Waals surface area (Å²) in [5.41, 5.74) is 3.37. The number of aldehydes is 1. The second-order valence-electron chi connectivity index (χ2n) is 6.01. The van der Waals surface area contributed by atoms with Gasteiger partial charge in [-0.3, -0.25) is 4.79 Å². The molecule has 1 aromatic heterocycles. The van der Waals surface area contributed by atoms with Crippen molar-refractivity contribution in [2.45, 2.75) is 32.7 Å². The van der Waals surface area contributed by atoms with Gasteiger partial charge in [0, 0.05) is 34.6 Å². The maximum Gasteiger partial charge on any atom is 0.195 e. The summed E-state index contributed by atoms with van der Waals surface area (Å²) in [4.78, 5) is 24.2. The molecule has 122 valence electrons. The minimum absolute atomic E-state index is 0.0315. The van der Waals surface area contributed by atoms with Gasteiger partial charge in [0.25, 0.3) is 0 Å². The van der Waals surface area contributed by atoms with Crippen LogP contribution in [0, 0.1) is 6.92 Å². The van der Waals surface area contributed by atoms with Gasteiger partial charge >= 0.3 is 0 Å². The summed E-state index contributed by atoms with van der Waals surface area (Å²) in [7, 11) is 0. The molecule has 3 rings (SSSR count). The van der Waals surface area contributed by atoms with E-state index in [4.69, 9.17) is 0 Å². The highest BCUT2D eigenvalue weighted by atomic mass is 16.1. The van der Waals surface area contributed by atoms with E-state index in [0.717, 1.165) is 34.9 Å². The van der Waals surface area contributed by atoms with Crippen LogP contribution in [0.2, 0.25) is 0 Å². The zero-order valence-corrected chi connectivity index (χ0v) is 14.0. The number of para-hydroxylation sites is 1. The van der Waals surface area contributed by atoms with Crippen LogP contribution < -0.4 is 0 Å². The maximum atomic E-state index is 13.1. The molecular formula is C21H21NO2. The summed E-state index contributed by atoms with van der Waals surface area (Å²) in [5, 5.41) is 0.952. The standard InChI is InChI=1S/C21H21NO2/c1-3-17(13-14-23)22-15(2)20(18-11-7-8-12-19(18)22)21(24)16-9-5-4-6-10-16/h4-12,14,17H,3,13H2,1-2H3. The van der Waals surface area contributed by atoms with Crippen molar-refractivity contribution < 1.29 is 9.59 Å². The highest BCUT2D eigenvalue weighted by Gasteiger charge is 2.23. The molecule has 1 heterocycles. The van der Waals surface area contributed by atoms with E-state index < -0.39 is 0 Å². The zero-order valence-electron chi connectivity index (χ0n) is 14.0. The molecule has 0 saturated carbocycles. The summed E-state index contributed by atoms with van der Waals surface area (Å²) in [6, 6.07) is 17.4. The molecule has 0 radical (unpaired) electrons. The predicted molar refractivity (Wildman–Crippen MR) is 96.6 cm³/mol. The summed E-state index contributed by atoms with van der Waals surface area (Å²) >= 11 is 0. The Morgan fingerprint density at radius 1 is 1.08 bits per heavy atom. The van der Waals surface area contributed by atoms with Crippen LogP contribution in [0.1, 0.15) is 47.4 Å². The van der Waals surface area contributed by atoms with Gasteiger partial charge < -0.3 is 9.36 Å². The molecule has 3 aromatic rings. The Labute approximate surface area is 141 Å². The normalized spacial score (nSPS) is 12.2. The molecule has 1 atom stereocenters. The number of carbonyl (C=O) groups is 2. The van der Waals surface area contributed by atoms with Crippen LogP contribution in [-0.2, 0) is 4.79 Å². The molecule has 0 aliphatic rings. The van der Waals surface area contributed by atoms with Crippen molar-refractivity contribution in [2.24, 2.45) is 0 Å². The van der Waals surface area contributed by atoms with Gasteiger partial charge in [0.1, 0.15) is 6.29 Å². The molecule has 0 N–H and O–H groups in total. The SMILES string of the molecule is CCC(CC=O)n1c(C)c(C(=O)c2ccccc2)c2ccccc21. The van der Waals surface area contributed by atoms with Crippen LogP contribution in [0.3, 0.4) is 0 Å². The van der Waals surface area contributed by atoms with Gasteiger partial charge in [-0.15, -0.1) is 0 Å². The molecular weight excluding hydrogens is 298 g/mol. The van der Waals surface area contributed by atoms with Crippen molar-refractivity contribution in [3.05, 3.63) is 71.4 Å². The fraction of sp³-hybridized carbons (Fsp3) is 0.238. The molecule has 0 spiro atoms. The van der Waals surface area contributed by atoms with Gasteiger partial charge in [-0.2, -0.15) is 0 Å². The van der Waals surface area contributed by atoms with E-state index in [9.17, 15) is 9.59 Å². The number of aromatic nitrogens is 1. The van der Waals surface area contributed by atoms with E-state index in [2.05, 4.69) is 11.5 Å². The van der Waals surface area contributed by atoms with E-state index in [1.807, 2.05) is 61.5 Å². The highest BCUT2D eigenvalue weighted by molar-refractivity contribution is 6.17. The Morgan fingerprint density at radius 3 is 2.42 bits per heavy atom.